The van der Waals surface area contributed by atoms with E-state index in [1.807, 2.05) is 18.2 Å². The average molecular weight is 363 g/mol. The summed E-state index contributed by atoms with van der Waals surface area (Å²) in [7, 11) is 0. The Kier molecular flexibility index (Phi) is 7.04. The van der Waals surface area contributed by atoms with Gasteiger partial charge in [-0.1, -0.05) is 12.1 Å². The smallest absolute Gasteiger partial charge is 0.387 e. The molecule has 5 nitrogen and oxygen atoms in total. The van der Waals surface area contributed by atoms with Crippen LogP contribution in [0.1, 0.15) is 0 Å². The monoisotopic (exact) mass is 363 g/mol. The molecule has 2 rings (SSSR count). The van der Waals surface area contributed by atoms with Crippen molar-refractivity contribution in [1.29, 1.82) is 5.26 Å². The molecule has 130 valence electrons. The zero-order chi connectivity index (χ0) is 18.1. The number of nitrogens with one attached hydrogen (secondary N) is 2. The number of thioether (sulfide) groups is 1. The maximum absolute atomic E-state index is 12.1. The van der Waals surface area contributed by atoms with Gasteiger partial charge < -0.3 is 15.4 Å². The lowest BCUT2D eigenvalue weighted by Crippen LogP contribution is -2.22. The quantitative estimate of drug-likeness (QED) is 0.695. The van der Waals surface area contributed by atoms with Crippen LogP contribution in [0.3, 0.4) is 0 Å². The van der Waals surface area contributed by atoms with Crippen LogP contribution in [0.25, 0.3) is 0 Å². The highest BCUT2D eigenvalue weighted by atomic mass is 32.2. The van der Waals surface area contributed by atoms with Crippen molar-refractivity contribution in [2.45, 2.75) is 11.5 Å². The third-order valence-electron chi connectivity index (χ3n) is 2.99. The number of amides is 1. The Morgan fingerprint density at radius 3 is 2.60 bits per heavy atom. The van der Waals surface area contributed by atoms with E-state index in [1.54, 1.807) is 24.3 Å². The molecule has 2 N–H and O–H groups in total. The van der Waals surface area contributed by atoms with Gasteiger partial charge in [-0.15, -0.1) is 11.8 Å². The number of nitrogens with zero attached hydrogens (tertiary/aromatic N) is 1. The third-order valence-corrected chi connectivity index (χ3v) is 3.93. The Hall–Kier alpha value is -2.79. The first-order valence-corrected chi connectivity index (χ1v) is 8.24. The second kappa shape index (κ2) is 9.49. The van der Waals surface area contributed by atoms with Gasteiger partial charge in [0.15, 0.2) is 0 Å². The number of halogens is 2. The number of carbonyl (C=O) groups excluding carboxylic acids is 1. The van der Waals surface area contributed by atoms with Crippen molar-refractivity contribution in [3.8, 4) is 11.8 Å². The number of hydrogen-bond donors (Lipinski definition) is 2. The largest absolute Gasteiger partial charge is 0.435 e. The van der Waals surface area contributed by atoms with Gasteiger partial charge in [-0.05, 0) is 36.4 Å². The molecule has 0 aromatic heterocycles. The molecule has 2 aromatic rings. The molecule has 0 fully saturated rings. The van der Waals surface area contributed by atoms with Gasteiger partial charge in [-0.3, -0.25) is 4.79 Å². The molecule has 0 spiro atoms. The van der Waals surface area contributed by atoms with Gasteiger partial charge in [0, 0.05) is 10.6 Å². The molecule has 0 saturated carbocycles. The van der Waals surface area contributed by atoms with Crippen molar-refractivity contribution >= 4 is 29.0 Å². The maximum atomic E-state index is 12.1. The minimum Gasteiger partial charge on any atom is -0.435 e. The number of rotatable bonds is 8. The Morgan fingerprint density at radius 2 is 1.92 bits per heavy atom. The molecular weight excluding hydrogens is 348 g/mol. The highest BCUT2D eigenvalue weighted by Crippen LogP contribution is 2.26. The first-order valence-electron chi connectivity index (χ1n) is 7.26. The van der Waals surface area contributed by atoms with Crippen LogP contribution in [0.2, 0.25) is 0 Å². The van der Waals surface area contributed by atoms with Crippen molar-refractivity contribution in [2.24, 2.45) is 0 Å². The lowest BCUT2D eigenvalue weighted by Gasteiger charge is -2.11. The van der Waals surface area contributed by atoms with Crippen molar-refractivity contribution in [1.82, 2.24) is 0 Å². The predicted octanol–water partition coefficient (Wildman–Crippen LogP) is 3.95. The summed E-state index contributed by atoms with van der Waals surface area (Å²) in [6.07, 6.45) is 0. The molecule has 0 saturated heterocycles. The van der Waals surface area contributed by atoms with E-state index >= 15 is 0 Å². The van der Waals surface area contributed by atoms with E-state index in [2.05, 4.69) is 15.4 Å². The summed E-state index contributed by atoms with van der Waals surface area (Å²) in [6.45, 7) is -2.87. The van der Waals surface area contributed by atoms with Crippen LogP contribution in [0.5, 0.6) is 5.75 Å². The summed E-state index contributed by atoms with van der Waals surface area (Å²) in [5.41, 5.74) is 1.24. The molecule has 0 aliphatic carbocycles. The molecule has 0 unspecified atom stereocenters. The Labute approximate surface area is 148 Å². The summed E-state index contributed by atoms with van der Waals surface area (Å²) in [6, 6.07) is 15.1. The average Bonchev–Trinajstić information content (AvgIpc) is 2.60. The SMILES string of the molecule is N#CCSc1ccccc1NC(=O)CNc1ccc(OC(F)F)cc1. The highest BCUT2D eigenvalue weighted by Gasteiger charge is 2.08. The van der Waals surface area contributed by atoms with E-state index in [4.69, 9.17) is 5.26 Å². The zero-order valence-corrected chi connectivity index (χ0v) is 13.9. The van der Waals surface area contributed by atoms with Gasteiger partial charge in [0.05, 0.1) is 24.1 Å². The fourth-order valence-corrected chi connectivity index (χ4v) is 2.61. The number of para-hydroxylation sites is 1. The van der Waals surface area contributed by atoms with Crippen molar-refractivity contribution in [3.05, 3.63) is 48.5 Å². The number of alkyl halides is 2. The third kappa shape index (κ3) is 6.31. The number of hydrogen-bond acceptors (Lipinski definition) is 5. The molecule has 2 aromatic carbocycles. The molecule has 8 heteroatoms. The Morgan fingerprint density at radius 1 is 1.20 bits per heavy atom. The first-order chi connectivity index (χ1) is 12.1. The van der Waals surface area contributed by atoms with Gasteiger partial charge in [0.25, 0.3) is 0 Å². The van der Waals surface area contributed by atoms with Crippen molar-refractivity contribution in [2.75, 3.05) is 22.9 Å². The summed E-state index contributed by atoms with van der Waals surface area (Å²) < 4.78 is 28.4. The number of carbonyl (C=O) groups is 1. The van der Waals surface area contributed by atoms with Crippen LogP contribution in [0, 0.1) is 11.3 Å². The molecule has 0 aliphatic heterocycles. The Balaban J connectivity index is 1.88. The normalized spacial score (nSPS) is 10.2. The van der Waals surface area contributed by atoms with Gasteiger partial charge >= 0.3 is 6.61 Å². The molecule has 25 heavy (non-hydrogen) atoms. The van der Waals surface area contributed by atoms with E-state index in [0.29, 0.717) is 11.4 Å². The summed E-state index contributed by atoms with van der Waals surface area (Å²) in [4.78, 5) is 12.9. The number of benzene rings is 2. The molecule has 1 amide bonds. The van der Waals surface area contributed by atoms with Crippen LogP contribution < -0.4 is 15.4 Å². The fraction of sp³-hybridized carbons (Fsp3) is 0.176. The van der Waals surface area contributed by atoms with Crippen LogP contribution in [0.15, 0.2) is 53.4 Å². The lowest BCUT2D eigenvalue weighted by atomic mass is 10.3. The molecule has 0 aliphatic rings. The summed E-state index contributed by atoms with van der Waals surface area (Å²) in [5.74, 6) is 0.0735. The lowest BCUT2D eigenvalue weighted by molar-refractivity contribution is -0.114. The first kappa shape index (κ1) is 18.5. The van der Waals surface area contributed by atoms with Crippen molar-refractivity contribution in [3.63, 3.8) is 0 Å². The Bertz CT molecular complexity index is 748. The minimum absolute atomic E-state index is 0.00625. The van der Waals surface area contributed by atoms with Crippen LogP contribution >= 0.6 is 11.8 Å². The number of ether oxygens (including phenoxy) is 1. The number of anilines is 2. The van der Waals surface area contributed by atoms with Crippen LogP contribution in [-0.2, 0) is 4.79 Å². The standard InChI is InChI=1S/C17H15F2N3O2S/c18-17(19)24-13-7-5-12(6-8-13)21-11-16(23)22-14-3-1-2-4-15(14)25-10-9-20/h1-8,17,21H,10-11H2,(H,22,23). The molecular formula is C17H15F2N3O2S. The maximum Gasteiger partial charge on any atom is 0.387 e. The minimum atomic E-state index is -2.87. The molecule has 0 atom stereocenters. The van der Waals surface area contributed by atoms with E-state index in [9.17, 15) is 13.6 Å². The van der Waals surface area contributed by atoms with Crippen molar-refractivity contribution < 1.29 is 18.3 Å². The second-order valence-electron chi connectivity index (χ2n) is 4.75. The van der Waals surface area contributed by atoms with E-state index in [-0.39, 0.29) is 24.0 Å². The topological polar surface area (TPSA) is 74.2 Å². The molecule has 0 bridgehead atoms. The molecule has 0 heterocycles. The van der Waals surface area contributed by atoms with Gasteiger partial charge in [0.2, 0.25) is 5.91 Å². The molecule has 0 radical (unpaired) electrons. The van der Waals surface area contributed by atoms with Gasteiger partial charge in [0.1, 0.15) is 5.75 Å². The zero-order valence-electron chi connectivity index (χ0n) is 13.0. The van der Waals surface area contributed by atoms with E-state index in [0.717, 1.165) is 4.90 Å². The fourth-order valence-electron chi connectivity index (χ4n) is 1.94. The summed E-state index contributed by atoms with van der Waals surface area (Å²) >= 11 is 1.34. The van der Waals surface area contributed by atoms with Crippen LogP contribution in [-0.4, -0.2) is 24.8 Å². The number of nitriles is 1. The van der Waals surface area contributed by atoms with Gasteiger partial charge in [-0.2, -0.15) is 14.0 Å². The highest BCUT2D eigenvalue weighted by molar-refractivity contribution is 7.99. The second-order valence-corrected chi connectivity index (χ2v) is 5.76. The predicted molar refractivity (Wildman–Crippen MR) is 93.0 cm³/mol. The van der Waals surface area contributed by atoms with Crippen LogP contribution in [0.4, 0.5) is 20.2 Å². The van der Waals surface area contributed by atoms with E-state index in [1.165, 1.54) is 23.9 Å². The van der Waals surface area contributed by atoms with E-state index < -0.39 is 6.61 Å². The van der Waals surface area contributed by atoms with Gasteiger partial charge in [-0.25, -0.2) is 0 Å². The summed E-state index contributed by atoms with van der Waals surface area (Å²) in [5, 5.41) is 14.3.